The number of nitrogens with one attached hydrogen (secondary N) is 2. The van der Waals surface area contributed by atoms with Crippen LogP contribution in [0.4, 0.5) is 0 Å². The van der Waals surface area contributed by atoms with Crippen LogP contribution >= 0.6 is 24.0 Å². The van der Waals surface area contributed by atoms with Gasteiger partial charge in [0.05, 0.1) is 26.3 Å². The summed E-state index contributed by atoms with van der Waals surface area (Å²) in [6.07, 6.45) is 0. The number of guanidine groups is 1. The van der Waals surface area contributed by atoms with Gasteiger partial charge in [-0.05, 0) is 25.0 Å². The molecular formula is C20H35IN4O2. The van der Waals surface area contributed by atoms with Crippen LogP contribution in [0.5, 0.6) is 5.75 Å². The zero-order valence-electron chi connectivity index (χ0n) is 16.8. The molecule has 0 aliphatic carbocycles. The van der Waals surface area contributed by atoms with Crippen molar-refractivity contribution in [3.63, 3.8) is 0 Å². The summed E-state index contributed by atoms with van der Waals surface area (Å²) in [7, 11) is 0. The van der Waals surface area contributed by atoms with Crippen LogP contribution in [0.3, 0.4) is 0 Å². The maximum absolute atomic E-state index is 5.73. The molecule has 1 unspecified atom stereocenters. The summed E-state index contributed by atoms with van der Waals surface area (Å²) in [5.74, 6) is 2.30. The lowest BCUT2D eigenvalue weighted by molar-refractivity contribution is 0.00867. The third-order valence-corrected chi connectivity index (χ3v) is 4.47. The first-order chi connectivity index (χ1) is 12.7. The monoisotopic (exact) mass is 490 g/mol. The molecule has 1 aromatic rings. The quantitative estimate of drug-likeness (QED) is 0.241. The predicted molar refractivity (Wildman–Crippen MR) is 122 cm³/mol. The average molecular weight is 490 g/mol. The summed E-state index contributed by atoms with van der Waals surface area (Å²) >= 11 is 0. The number of rotatable bonds is 9. The van der Waals surface area contributed by atoms with Gasteiger partial charge in [-0.15, -0.1) is 24.0 Å². The first kappa shape index (κ1) is 24.0. The average Bonchev–Trinajstić information content (AvgIpc) is 2.66. The van der Waals surface area contributed by atoms with Gasteiger partial charge in [-0.25, -0.2) is 0 Å². The Morgan fingerprint density at radius 3 is 2.52 bits per heavy atom. The van der Waals surface area contributed by atoms with Crippen molar-refractivity contribution in [3.8, 4) is 5.75 Å². The van der Waals surface area contributed by atoms with Crippen LogP contribution in [-0.2, 0) is 4.74 Å². The van der Waals surface area contributed by atoms with Crippen LogP contribution < -0.4 is 15.4 Å². The van der Waals surface area contributed by atoms with Crippen molar-refractivity contribution in [2.75, 3.05) is 52.5 Å². The van der Waals surface area contributed by atoms with Gasteiger partial charge in [-0.3, -0.25) is 9.89 Å². The van der Waals surface area contributed by atoms with E-state index in [9.17, 15) is 0 Å². The highest BCUT2D eigenvalue weighted by atomic mass is 127. The van der Waals surface area contributed by atoms with Gasteiger partial charge in [-0.1, -0.05) is 32.0 Å². The van der Waals surface area contributed by atoms with Crippen LogP contribution in [-0.4, -0.2) is 69.4 Å². The number of hydrogen-bond donors (Lipinski definition) is 2. The van der Waals surface area contributed by atoms with Crippen molar-refractivity contribution in [1.82, 2.24) is 15.5 Å². The van der Waals surface area contributed by atoms with E-state index < -0.39 is 0 Å². The molecule has 2 rings (SSSR count). The Kier molecular flexibility index (Phi) is 12.4. The minimum Gasteiger partial charge on any atom is -0.492 e. The normalized spacial score (nSPS) is 16.5. The first-order valence-corrected chi connectivity index (χ1v) is 9.72. The van der Waals surface area contributed by atoms with Gasteiger partial charge in [-0.2, -0.15) is 0 Å². The largest absolute Gasteiger partial charge is 0.492 e. The number of aliphatic imine (C=N–C) groups is 1. The van der Waals surface area contributed by atoms with E-state index in [0.29, 0.717) is 25.1 Å². The molecule has 2 N–H and O–H groups in total. The van der Waals surface area contributed by atoms with Crippen LogP contribution in [0.2, 0.25) is 0 Å². The predicted octanol–water partition coefficient (Wildman–Crippen LogP) is 2.60. The smallest absolute Gasteiger partial charge is 0.191 e. The number of benzene rings is 1. The maximum Gasteiger partial charge on any atom is 0.191 e. The summed E-state index contributed by atoms with van der Waals surface area (Å²) in [5, 5.41) is 6.68. The van der Waals surface area contributed by atoms with Gasteiger partial charge in [0.2, 0.25) is 0 Å². The van der Waals surface area contributed by atoms with Crippen LogP contribution in [0.1, 0.15) is 20.8 Å². The molecule has 1 aliphatic heterocycles. The van der Waals surface area contributed by atoms with Crippen molar-refractivity contribution in [2.45, 2.75) is 26.8 Å². The molecule has 0 spiro atoms. The number of morpholine rings is 1. The Bertz CT molecular complexity index is 522. The molecule has 154 valence electrons. The Hall–Kier alpha value is -1.06. The van der Waals surface area contributed by atoms with Gasteiger partial charge < -0.3 is 20.1 Å². The second-order valence-corrected chi connectivity index (χ2v) is 6.77. The summed E-state index contributed by atoms with van der Waals surface area (Å²) in [6, 6.07) is 10.3. The van der Waals surface area contributed by atoms with E-state index in [0.717, 1.165) is 51.1 Å². The van der Waals surface area contributed by atoms with E-state index >= 15 is 0 Å². The molecule has 0 bridgehead atoms. The molecule has 1 fully saturated rings. The molecule has 0 radical (unpaired) electrons. The number of halogens is 1. The van der Waals surface area contributed by atoms with Gasteiger partial charge in [0.25, 0.3) is 0 Å². The zero-order chi connectivity index (χ0) is 18.6. The van der Waals surface area contributed by atoms with Crippen LogP contribution in [0, 0.1) is 5.92 Å². The topological polar surface area (TPSA) is 58.1 Å². The minimum absolute atomic E-state index is 0. The maximum atomic E-state index is 5.73. The molecule has 1 aliphatic rings. The molecule has 1 atom stereocenters. The Balaban J connectivity index is 0.00000364. The summed E-state index contributed by atoms with van der Waals surface area (Å²) in [6.45, 7) is 13.2. The third-order valence-electron chi connectivity index (χ3n) is 4.47. The number of ether oxygens (including phenoxy) is 2. The SMILES string of the molecule is CCNC(=NCC(C(C)C)N1CCOCC1)NCCOc1ccccc1.I. The Morgan fingerprint density at radius 2 is 1.89 bits per heavy atom. The first-order valence-electron chi connectivity index (χ1n) is 9.72. The summed E-state index contributed by atoms with van der Waals surface area (Å²) < 4.78 is 11.2. The van der Waals surface area contributed by atoms with Gasteiger partial charge in [0, 0.05) is 25.7 Å². The van der Waals surface area contributed by atoms with Crippen molar-refractivity contribution < 1.29 is 9.47 Å². The molecule has 0 aromatic heterocycles. The van der Waals surface area contributed by atoms with E-state index in [1.165, 1.54) is 0 Å². The molecular weight excluding hydrogens is 455 g/mol. The highest BCUT2D eigenvalue weighted by Gasteiger charge is 2.23. The van der Waals surface area contributed by atoms with E-state index in [4.69, 9.17) is 14.5 Å². The van der Waals surface area contributed by atoms with E-state index in [2.05, 4.69) is 36.3 Å². The van der Waals surface area contributed by atoms with Crippen molar-refractivity contribution in [3.05, 3.63) is 30.3 Å². The minimum atomic E-state index is 0. The lowest BCUT2D eigenvalue weighted by atomic mass is 10.0. The Morgan fingerprint density at radius 1 is 1.19 bits per heavy atom. The van der Waals surface area contributed by atoms with Crippen molar-refractivity contribution >= 4 is 29.9 Å². The lowest BCUT2D eigenvalue weighted by Gasteiger charge is -2.36. The fourth-order valence-electron chi connectivity index (χ4n) is 3.04. The van der Waals surface area contributed by atoms with Crippen LogP contribution in [0.15, 0.2) is 35.3 Å². The number of para-hydroxylation sites is 1. The molecule has 1 aromatic carbocycles. The Labute approximate surface area is 181 Å². The van der Waals surface area contributed by atoms with Crippen molar-refractivity contribution in [2.24, 2.45) is 10.9 Å². The molecule has 1 heterocycles. The molecule has 0 saturated carbocycles. The lowest BCUT2D eigenvalue weighted by Crippen LogP contribution is -2.48. The number of hydrogen-bond acceptors (Lipinski definition) is 4. The van der Waals surface area contributed by atoms with Gasteiger partial charge >= 0.3 is 0 Å². The third kappa shape index (κ3) is 9.12. The van der Waals surface area contributed by atoms with Gasteiger partial charge in [0.15, 0.2) is 5.96 Å². The molecule has 7 heteroatoms. The summed E-state index contributed by atoms with van der Waals surface area (Å²) in [5.41, 5.74) is 0. The molecule has 0 amide bonds. The second-order valence-electron chi connectivity index (χ2n) is 6.77. The molecule has 1 saturated heterocycles. The zero-order valence-corrected chi connectivity index (χ0v) is 19.1. The highest BCUT2D eigenvalue weighted by molar-refractivity contribution is 14.0. The second kappa shape index (κ2) is 14.0. The highest BCUT2D eigenvalue weighted by Crippen LogP contribution is 2.13. The summed E-state index contributed by atoms with van der Waals surface area (Å²) in [4.78, 5) is 7.31. The molecule has 27 heavy (non-hydrogen) atoms. The fourth-order valence-corrected chi connectivity index (χ4v) is 3.04. The fraction of sp³-hybridized carbons (Fsp3) is 0.650. The molecule has 6 nitrogen and oxygen atoms in total. The standard InChI is InChI=1S/C20H34N4O2.HI/c1-4-21-20(22-10-13-26-18-8-6-5-7-9-18)23-16-19(17(2)3)24-11-14-25-15-12-24;/h5-9,17,19H,4,10-16H2,1-3H3,(H2,21,22,23);1H. The van der Waals surface area contributed by atoms with E-state index in [1.54, 1.807) is 0 Å². The van der Waals surface area contributed by atoms with Gasteiger partial charge in [0.1, 0.15) is 12.4 Å². The van der Waals surface area contributed by atoms with E-state index in [1.807, 2.05) is 30.3 Å². The van der Waals surface area contributed by atoms with Crippen LogP contribution in [0.25, 0.3) is 0 Å². The van der Waals surface area contributed by atoms with E-state index in [-0.39, 0.29) is 24.0 Å². The number of nitrogens with zero attached hydrogens (tertiary/aromatic N) is 2. The van der Waals surface area contributed by atoms with Crippen molar-refractivity contribution in [1.29, 1.82) is 0 Å².